The fraction of sp³-hybridized carbons (Fsp3) is 0.450. The summed E-state index contributed by atoms with van der Waals surface area (Å²) in [7, 11) is 0. The quantitative estimate of drug-likeness (QED) is 0.704. The van der Waals surface area contributed by atoms with Gasteiger partial charge in [-0.2, -0.15) is 0 Å². The number of aliphatic hydroxyl groups excluding tert-OH is 1. The lowest BCUT2D eigenvalue weighted by Crippen LogP contribution is -2.34. The zero-order valence-electron chi connectivity index (χ0n) is 15.6. The number of fused-ring (bicyclic) bond motifs is 3. The van der Waals surface area contributed by atoms with Gasteiger partial charge in [-0.3, -0.25) is 0 Å². The van der Waals surface area contributed by atoms with Crippen molar-refractivity contribution in [1.29, 1.82) is 0 Å². The molecule has 2 aliphatic rings. The Morgan fingerprint density at radius 2 is 2.00 bits per heavy atom. The number of aromatic nitrogens is 4. The van der Waals surface area contributed by atoms with Crippen molar-refractivity contribution in [3.8, 4) is 11.1 Å². The van der Waals surface area contributed by atoms with Crippen LogP contribution in [0.15, 0.2) is 30.6 Å². The third-order valence-corrected chi connectivity index (χ3v) is 5.68. The Kier molecular flexibility index (Phi) is 4.26. The predicted octanol–water partition coefficient (Wildman–Crippen LogP) is 1.35. The van der Waals surface area contributed by atoms with Crippen LogP contribution in [0.3, 0.4) is 0 Å². The summed E-state index contributed by atoms with van der Waals surface area (Å²) in [6.45, 7) is 3.20. The highest BCUT2D eigenvalue weighted by atomic mass is 16.5. The molecule has 28 heavy (non-hydrogen) atoms. The molecule has 0 amide bonds. The van der Waals surface area contributed by atoms with Crippen molar-refractivity contribution in [3.63, 3.8) is 0 Å². The number of hydrogen-bond acceptors (Lipinski definition) is 7. The summed E-state index contributed by atoms with van der Waals surface area (Å²) in [4.78, 5) is 15.6. The Morgan fingerprint density at radius 1 is 1.14 bits per heavy atom. The van der Waals surface area contributed by atoms with Crippen molar-refractivity contribution in [2.24, 2.45) is 0 Å². The first-order valence-corrected chi connectivity index (χ1v) is 9.63. The van der Waals surface area contributed by atoms with Crippen LogP contribution in [0.25, 0.3) is 22.2 Å². The van der Waals surface area contributed by atoms with Crippen molar-refractivity contribution in [1.82, 2.24) is 19.5 Å². The summed E-state index contributed by atoms with van der Waals surface area (Å²) in [5.41, 5.74) is 3.21. The molecular formula is C20H23N5O3. The molecule has 1 unspecified atom stereocenters. The molecule has 2 N–H and O–H groups in total. The second-order valence-electron chi connectivity index (χ2n) is 7.58. The van der Waals surface area contributed by atoms with Gasteiger partial charge in [-0.25, -0.2) is 15.0 Å². The molecule has 0 bridgehead atoms. The fourth-order valence-corrected chi connectivity index (χ4v) is 4.10. The Morgan fingerprint density at radius 3 is 2.82 bits per heavy atom. The van der Waals surface area contributed by atoms with Gasteiger partial charge in [0, 0.05) is 50.6 Å². The molecule has 1 aromatic carbocycles. The van der Waals surface area contributed by atoms with Gasteiger partial charge in [-0.05, 0) is 24.1 Å². The van der Waals surface area contributed by atoms with E-state index in [1.807, 2.05) is 29.4 Å². The fourth-order valence-electron chi connectivity index (χ4n) is 4.10. The highest BCUT2D eigenvalue weighted by molar-refractivity contribution is 5.82. The number of hydrogen-bond donors (Lipinski definition) is 2. The Balaban J connectivity index is 1.40. The third kappa shape index (κ3) is 3.03. The highest BCUT2D eigenvalue weighted by Gasteiger charge is 2.36. The molecule has 5 rings (SSSR count). The van der Waals surface area contributed by atoms with E-state index in [4.69, 9.17) is 9.84 Å². The lowest BCUT2D eigenvalue weighted by Gasteiger charge is -2.22. The molecule has 8 nitrogen and oxygen atoms in total. The smallest absolute Gasteiger partial charge is 0.225 e. The van der Waals surface area contributed by atoms with Crippen LogP contribution in [0.4, 0.5) is 5.95 Å². The number of benzene rings is 1. The van der Waals surface area contributed by atoms with Crippen LogP contribution in [0, 0.1) is 0 Å². The van der Waals surface area contributed by atoms with Gasteiger partial charge in [0.15, 0.2) is 0 Å². The first-order chi connectivity index (χ1) is 13.6. The Hall–Kier alpha value is -2.55. The average Bonchev–Trinajstić information content (AvgIpc) is 3.29. The monoisotopic (exact) mass is 381 g/mol. The molecule has 0 radical (unpaired) electrons. The Bertz CT molecular complexity index is 1000. The molecule has 0 saturated carbocycles. The minimum absolute atomic E-state index is 0.0168. The summed E-state index contributed by atoms with van der Waals surface area (Å²) in [6.07, 6.45) is 4.64. The van der Waals surface area contributed by atoms with Gasteiger partial charge < -0.3 is 24.4 Å². The second-order valence-corrected chi connectivity index (χ2v) is 7.58. The number of β-amino-alcohol motifs (C(OH)–C–C–N with tert-alkyl or cyclic N) is 1. The van der Waals surface area contributed by atoms with Crippen molar-refractivity contribution in [3.05, 3.63) is 36.4 Å². The van der Waals surface area contributed by atoms with E-state index < -0.39 is 5.60 Å². The minimum atomic E-state index is -0.855. The molecule has 2 aliphatic heterocycles. The molecule has 146 valence electrons. The molecule has 2 aromatic heterocycles. The zero-order valence-corrected chi connectivity index (χ0v) is 15.6. The zero-order chi connectivity index (χ0) is 19.1. The van der Waals surface area contributed by atoms with Crippen molar-refractivity contribution < 1.29 is 14.9 Å². The number of imidazole rings is 1. The van der Waals surface area contributed by atoms with E-state index in [9.17, 15) is 5.11 Å². The van der Waals surface area contributed by atoms with Gasteiger partial charge in [0.2, 0.25) is 5.95 Å². The normalized spacial score (nSPS) is 22.0. The van der Waals surface area contributed by atoms with Gasteiger partial charge >= 0.3 is 0 Å². The Labute approximate surface area is 162 Å². The molecule has 1 atom stereocenters. The summed E-state index contributed by atoms with van der Waals surface area (Å²) in [6, 6.07) is 6.20. The molecule has 1 fully saturated rings. The van der Waals surface area contributed by atoms with Crippen LogP contribution in [0.5, 0.6) is 0 Å². The van der Waals surface area contributed by atoms with Crippen molar-refractivity contribution >= 4 is 17.0 Å². The average molecular weight is 381 g/mol. The second kappa shape index (κ2) is 6.80. The van der Waals surface area contributed by atoms with Gasteiger partial charge in [0.05, 0.1) is 23.2 Å². The number of aliphatic hydroxyl groups is 2. The summed E-state index contributed by atoms with van der Waals surface area (Å²) < 4.78 is 7.70. The van der Waals surface area contributed by atoms with E-state index in [0.29, 0.717) is 45.1 Å². The van der Waals surface area contributed by atoms with Crippen LogP contribution >= 0.6 is 0 Å². The summed E-state index contributed by atoms with van der Waals surface area (Å²) >= 11 is 0. The third-order valence-electron chi connectivity index (χ3n) is 5.68. The maximum absolute atomic E-state index is 10.5. The number of ether oxygens (including phenoxy) is 1. The molecule has 3 aromatic rings. The van der Waals surface area contributed by atoms with E-state index >= 15 is 0 Å². The van der Waals surface area contributed by atoms with Crippen LogP contribution in [-0.2, 0) is 17.9 Å². The highest BCUT2D eigenvalue weighted by Crippen LogP contribution is 2.29. The van der Waals surface area contributed by atoms with Crippen LogP contribution < -0.4 is 4.90 Å². The first-order valence-electron chi connectivity index (χ1n) is 9.63. The van der Waals surface area contributed by atoms with Gasteiger partial charge in [-0.1, -0.05) is 6.07 Å². The number of nitrogens with zero attached hydrogens (tertiary/aromatic N) is 5. The number of anilines is 1. The molecule has 8 heteroatoms. The topological polar surface area (TPSA) is 96.5 Å². The van der Waals surface area contributed by atoms with Crippen molar-refractivity contribution in [2.45, 2.75) is 31.6 Å². The first kappa shape index (κ1) is 17.5. The molecule has 0 aliphatic carbocycles. The van der Waals surface area contributed by atoms with Gasteiger partial charge in [0.1, 0.15) is 12.4 Å². The van der Waals surface area contributed by atoms with E-state index in [2.05, 4.69) is 25.6 Å². The lowest BCUT2D eigenvalue weighted by molar-refractivity contribution is 0.0363. The van der Waals surface area contributed by atoms with Crippen LogP contribution in [0.2, 0.25) is 0 Å². The van der Waals surface area contributed by atoms with E-state index in [1.165, 1.54) is 0 Å². The maximum atomic E-state index is 10.5. The summed E-state index contributed by atoms with van der Waals surface area (Å²) in [5.74, 6) is 1.58. The van der Waals surface area contributed by atoms with Gasteiger partial charge in [-0.15, -0.1) is 0 Å². The van der Waals surface area contributed by atoms with Crippen molar-refractivity contribution in [2.75, 3.05) is 31.2 Å². The van der Waals surface area contributed by atoms with Crippen LogP contribution in [0.1, 0.15) is 18.7 Å². The molecule has 0 spiro atoms. The molecular weight excluding hydrogens is 358 g/mol. The summed E-state index contributed by atoms with van der Waals surface area (Å²) in [5, 5.41) is 19.6. The number of rotatable bonds is 4. The van der Waals surface area contributed by atoms with E-state index in [0.717, 1.165) is 34.5 Å². The lowest BCUT2D eigenvalue weighted by atomic mass is 10.00. The standard InChI is InChI=1S/C20H23N5O3/c26-7-4-20(27)3-5-24(13-20)19-21-10-15(11-22-19)14-1-2-16-17(9-14)25-6-8-28-12-18(25)23-16/h1-2,9-11,26-27H,3-8,12-13H2. The minimum Gasteiger partial charge on any atom is -0.396 e. The van der Waals surface area contributed by atoms with Gasteiger partial charge in [0.25, 0.3) is 0 Å². The largest absolute Gasteiger partial charge is 0.396 e. The SMILES string of the molecule is OCCC1(O)CCN(c2ncc(-c3ccc4nc5n(c4c3)CCOC5)cn2)C1. The molecule has 1 saturated heterocycles. The van der Waals surface area contributed by atoms with Crippen LogP contribution in [-0.4, -0.2) is 61.6 Å². The van der Waals surface area contributed by atoms with E-state index in [1.54, 1.807) is 0 Å². The maximum Gasteiger partial charge on any atom is 0.225 e. The van der Waals surface area contributed by atoms with E-state index in [-0.39, 0.29) is 6.61 Å². The molecule has 4 heterocycles. The predicted molar refractivity (Wildman–Crippen MR) is 104 cm³/mol.